The first-order valence-electron chi connectivity index (χ1n) is 12.9. The molecule has 0 saturated carbocycles. The van der Waals surface area contributed by atoms with Gasteiger partial charge in [-0.15, -0.1) is 0 Å². The molecule has 0 aliphatic heterocycles. The predicted molar refractivity (Wildman–Crippen MR) is 158 cm³/mol. The molecule has 3 amide bonds. The second-order valence-electron chi connectivity index (χ2n) is 10.5. The van der Waals surface area contributed by atoms with Crippen molar-refractivity contribution in [1.82, 2.24) is 14.7 Å². The summed E-state index contributed by atoms with van der Waals surface area (Å²) >= 11 is 6.47. The van der Waals surface area contributed by atoms with Crippen LogP contribution in [0.4, 0.5) is 16.3 Å². The van der Waals surface area contributed by atoms with Gasteiger partial charge in [0.15, 0.2) is 0 Å². The minimum Gasteiger partial charge on any atom is -0.315 e. The van der Waals surface area contributed by atoms with E-state index >= 15 is 0 Å². The van der Waals surface area contributed by atoms with Crippen LogP contribution < -0.4 is 10.6 Å². The van der Waals surface area contributed by atoms with Crippen LogP contribution in [0.1, 0.15) is 37.6 Å². The van der Waals surface area contributed by atoms with Crippen molar-refractivity contribution in [2.75, 3.05) is 23.7 Å². The fourth-order valence-corrected chi connectivity index (χ4v) is 4.28. The van der Waals surface area contributed by atoms with Gasteiger partial charge in [-0.05, 0) is 42.7 Å². The van der Waals surface area contributed by atoms with Crippen LogP contribution in [0.25, 0.3) is 5.69 Å². The maximum Gasteiger partial charge on any atom is 0.322 e. The zero-order valence-electron chi connectivity index (χ0n) is 22.7. The molecule has 0 aliphatic rings. The molecule has 1 aromatic heterocycles. The molecule has 7 nitrogen and oxygen atoms in total. The van der Waals surface area contributed by atoms with Crippen molar-refractivity contribution in [2.24, 2.45) is 0 Å². The van der Waals surface area contributed by atoms with Crippen molar-refractivity contribution < 1.29 is 9.59 Å². The summed E-state index contributed by atoms with van der Waals surface area (Å²) < 4.78 is 1.64. The number of para-hydroxylation sites is 2. The molecule has 0 fully saturated rings. The molecule has 0 bridgehead atoms. The Hall–Kier alpha value is -4.10. The van der Waals surface area contributed by atoms with Crippen molar-refractivity contribution in [1.29, 1.82) is 0 Å². The molecule has 3 aromatic carbocycles. The van der Waals surface area contributed by atoms with Crippen LogP contribution in [0.5, 0.6) is 0 Å². The van der Waals surface area contributed by atoms with Gasteiger partial charge in [-0.25, -0.2) is 9.48 Å². The van der Waals surface area contributed by atoms with Gasteiger partial charge in [0.05, 0.1) is 16.4 Å². The van der Waals surface area contributed by atoms with Crippen LogP contribution in [0.3, 0.4) is 0 Å². The Kier molecular flexibility index (Phi) is 8.72. The Morgan fingerprint density at radius 2 is 1.59 bits per heavy atom. The third kappa shape index (κ3) is 7.27. The molecule has 39 heavy (non-hydrogen) atoms. The molecule has 202 valence electrons. The number of halogens is 1. The highest BCUT2D eigenvalue weighted by Crippen LogP contribution is 2.29. The first kappa shape index (κ1) is 27.9. The molecule has 8 heteroatoms. The van der Waals surface area contributed by atoms with E-state index in [1.54, 1.807) is 10.7 Å². The number of carbonyl (C=O) groups is 2. The third-order valence-corrected chi connectivity index (χ3v) is 6.67. The lowest BCUT2D eigenvalue weighted by atomic mass is 9.92. The van der Waals surface area contributed by atoms with E-state index in [1.165, 1.54) is 4.90 Å². The predicted octanol–water partition coefficient (Wildman–Crippen LogP) is 6.85. The average Bonchev–Trinajstić information content (AvgIpc) is 3.32. The van der Waals surface area contributed by atoms with E-state index in [1.807, 2.05) is 85.8 Å². The number of carbonyl (C=O) groups excluding carboxylic acids is 2. The summed E-state index contributed by atoms with van der Waals surface area (Å²) in [5.41, 5.74) is 3.94. The molecule has 0 aliphatic carbocycles. The number of hydrogen-bond donors (Lipinski definition) is 2. The first-order valence-corrected chi connectivity index (χ1v) is 13.3. The summed E-state index contributed by atoms with van der Waals surface area (Å²) in [6.45, 7) is 8.33. The number of nitrogens with zero attached hydrogens (tertiary/aromatic N) is 3. The normalized spacial score (nSPS) is 11.2. The van der Waals surface area contributed by atoms with Gasteiger partial charge >= 0.3 is 6.03 Å². The molecule has 4 rings (SSSR count). The number of benzene rings is 3. The van der Waals surface area contributed by atoms with Crippen LogP contribution in [-0.2, 0) is 16.6 Å². The maximum absolute atomic E-state index is 13.4. The summed E-state index contributed by atoms with van der Waals surface area (Å²) in [4.78, 5) is 28.2. The Morgan fingerprint density at radius 1 is 0.923 bits per heavy atom. The molecule has 0 unspecified atom stereocenters. The van der Waals surface area contributed by atoms with E-state index in [9.17, 15) is 9.59 Å². The highest BCUT2D eigenvalue weighted by atomic mass is 35.5. The Labute approximate surface area is 234 Å². The van der Waals surface area contributed by atoms with Gasteiger partial charge in [0.2, 0.25) is 5.91 Å². The zero-order chi connectivity index (χ0) is 28.0. The number of aromatic nitrogens is 2. The van der Waals surface area contributed by atoms with E-state index in [2.05, 4.69) is 31.4 Å². The summed E-state index contributed by atoms with van der Waals surface area (Å²) in [6, 6.07) is 26.3. The van der Waals surface area contributed by atoms with Crippen molar-refractivity contribution in [3.63, 3.8) is 0 Å². The first-order chi connectivity index (χ1) is 18.6. The topological polar surface area (TPSA) is 79.3 Å². The van der Waals surface area contributed by atoms with Crippen LogP contribution in [-0.4, -0.2) is 39.7 Å². The summed E-state index contributed by atoms with van der Waals surface area (Å²) in [5, 5.41) is 11.2. The molecular formula is C31H34ClN5O2. The molecule has 0 atom stereocenters. The van der Waals surface area contributed by atoms with Gasteiger partial charge in [0.25, 0.3) is 0 Å². The molecular weight excluding hydrogens is 510 g/mol. The van der Waals surface area contributed by atoms with Crippen LogP contribution in [0.15, 0.2) is 84.9 Å². The maximum atomic E-state index is 13.4. The Balaban J connectivity index is 1.57. The smallest absolute Gasteiger partial charge is 0.315 e. The van der Waals surface area contributed by atoms with Gasteiger partial charge in [0.1, 0.15) is 12.4 Å². The lowest BCUT2D eigenvalue weighted by Gasteiger charge is -2.23. The third-order valence-electron chi connectivity index (χ3n) is 6.35. The van der Waals surface area contributed by atoms with E-state index in [4.69, 9.17) is 16.7 Å². The highest BCUT2D eigenvalue weighted by Gasteiger charge is 2.24. The fraction of sp³-hybridized carbons (Fsp3) is 0.258. The highest BCUT2D eigenvalue weighted by molar-refractivity contribution is 6.32. The Morgan fingerprint density at radius 3 is 2.28 bits per heavy atom. The number of amides is 3. The molecule has 1 heterocycles. The number of urea groups is 1. The molecule has 0 spiro atoms. The van der Waals surface area contributed by atoms with Gasteiger partial charge in [-0.3, -0.25) is 4.79 Å². The average molecular weight is 544 g/mol. The molecule has 2 N–H and O–H groups in total. The number of rotatable bonds is 8. The summed E-state index contributed by atoms with van der Waals surface area (Å²) in [6.07, 6.45) is 0.612. The van der Waals surface area contributed by atoms with Crippen LogP contribution in [0.2, 0.25) is 5.02 Å². The summed E-state index contributed by atoms with van der Waals surface area (Å²) in [7, 11) is 0. The van der Waals surface area contributed by atoms with Gasteiger partial charge in [-0.2, -0.15) is 5.10 Å². The second kappa shape index (κ2) is 12.2. The number of anilines is 2. The van der Waals surface area contributed by atoms with Gasteiger partial charge < -0.3 is 15.5 Å². The van der Waals surface area contributed by atoms with E-state index in [0.717, 1.165) is 16.8 Å². The lowest BCUT2D eigenvalue weighted by Crippen LogP contribution is -2.42. The quantitative estimate of drug-likeness (QED) is 0.255. The SMILES string of the molecule is Cc1ccccc1NC(=O)N(CCc1ccccc1)CC(=O)Nc1cc(C(C)(C)C)nn1-c1ccccc1Cl. The standard InChI is InChI=1S/C31H34ClN5O2/c1-22-12-8-10-16-25(22)33-30(39)36(19-18-23-13-6-5-7-14-23)21-29(38)34-28-20-27(31(2,3)4)35-37(28)26-17-11-9-15-24(26)32/h5-17,20H,18-19,21H2,1-4H3,(H,33,39)(H,34,38). The van der Waals surface area contributed by atoms with Crippen molar-refractivity contribution >= 4 is 35.0 Å². The number of aryl methyl sites for hydroxylation is 1. The van der Waals surface area contributed by atoms with Gasteiger partial charge in [-0.1, -0.05) is 93.0 Å². The summed E-state index contributed by atoms with van der Waals surface area (Å²) in [5.74, 6) is 0.150. The number of hydrogen-bond acceptors (Lipinski definition) is 3. The monoisotopic (exact) mass is 543 g/mol. The van der Waals surface area contributed by atoms with E-state index in [0.29, 0.717) is 35.2 Å². The zero-order valence-corrected chi connectivity index (χ0v) is 23.5. The number of nitrogens with one attached hydrogen (secondary N) is 2. The molecule has 0 radical (unpaired) electrons. The van der Waals surface area contributed by atoms with Crippen molar-refractivity contribution in [3.05, 3.63) is 107 Å². The van der Waals surface area contributed by atoms with Crippen molar-refractivity contribution in [2.45, 2.75) is 39.5 Å². The molecule has 0 saturated heterocycles. The van der Waals surface area contributed by atoms with Gasteiger partial charge in [0, 0.05) is 23.7 Å². The van der Waals surface area contributed by atoms with Crippen LogP contribution >= 0.6 is 11.6 Å². The minimum absolute atomic E-state index is 0.136. The fourth-order valence-electron chi connectivity index (χ4n) is 4.07. The molecule has 4 aromatic rings. The van der Waals surface area contributed by atoms with E-state index in [-0.39, 0.29) is 23.9 Å². The van der Waals surface area contributed by atoms with Crippen LogP contribution in [0, 0.1) is 6.92 Å². The lowest BCUT2D eigenvalue weighted by molar-refractivity contribution is -0.116. The minimum atomic E-state index is -0.342. The van der Waals surface area contributed by atoms with E-state index < -0.39 is 0 Å². The van der Waals surface area contributed by atoms with Crippen molar-refractivity contribution in [3.8, 4) is 5.69 Å². The largest absolute Gasteiger partial charge is 0.322 e. The second-order valence-corrected chi connectivity index (χ2v) is 10.9. The Bertz CT molecular complexity index is 1440.